The average Bonchev–Trinajstić information content (AvgIpc) is 3.02. The van der Waals surface area contributed by atoms with E-state index in [4.69, 9.17) is 47.4 Å². The van der Waals surface area contributed by atoms with Gasteiger partial charge in [-0.25, -0.2) is 9.59 Å². The summed E-state index contributed by atoms with van der Waals surface area (Å²) in [5.74, 6) is 0. The van der Waals surface area contributed by atoms with Gasteiger partial charge in [-0.3, -0.25) is 0 Å². The molecule has 0 aromatic rings. The monoisotopic (exact) mass is 640 g/mol. The van der Waals surface area contributed by atoms with Gasteiger partial charge in [0.1, 0.15) is 25.8 Å². The zero-order valence-electron chi connectivity index (χ0n) is 25.8. The first-order chi connectivity index (χ1) is 21.7. The maximum absolute atomic E-state index is 11.6. The number of nitrogens with one attached hydrogen (secondary N) is 2. The second kappa shape index (κ2) is 36.8. The first-order valence-electron chi connectivity index (χ1n) is 15.0. The molecule has 0 aliphatic heterocycles. The van der Waals surface area contributed by atoms with Crippen LogP contribution in [0.4, 0.5) is 9.59 Å². The molecule has 0 unspecified atom stereocenters. The Morgan fingerprint density at radius 3 is 0.955 bits per heavy atom. The van der Waals surface area contributed by atoms with Gasteiger partial charge >= 0.3 is 12.2 Å². The van der Waals surface area contributed by atoms with Crippen molar-refractivity contribution in [1.29, 1.82) is 0 Å². The fourth-order valence-electron chi connectivity index (χ4n) is 2.88. The van der Waals surface area contributed by atoms with E-state index in [2.05, 4.69) is 10.6 Å². The Morgan fingerprint density at radius 2 is 0.659 bits per heavy atom. The molecule has 0 fully saturated rings. The summed E-state index contributed by atoms with van der Waals surface area (Å²) in [6, 6.07) is 0. The molecule has 0 spiro atoms. The smallest absolute Gasteiger partial charge is 0.407 e. The van der Waals surface area contributed by atoms with Crippen LogP contribution in [0.15, 0.2) is 0 Å². The highest BCUT2D eigenvalue weighted by Crippen LogP contribution is 1.89. The average molecular weight is 641 g/mol. The highest BCUT2D eigenvalue weighted by molar-refractivity contribution is 5.67. The van der Waals surface area contributed by atoms with Crippen LogP contribution in [0.1, 0.15) is 25.7 Å². The van der Waals surface area contributed by atoms with Crippen LogP contribution in [-0.4, -0.2) is 157 Å². The molecule has 0 aromatic carbocycles. The predicted octanol–water partition coefficient (Wildman–Crippen LogP) is 0.530. The summed E-state index contributed by atoms with van der Waals surface area (Å²) in [6.07, 6.45) is 2.92. The van der Waals surface area contributed by atoms with Gasteiger partial charge < -0.3 is 67.6 Å². The van der Waals surface area contributed by atoms with Crippen molar-refractivity contribution in [2.45, 2.75) is 25.7 Å². The molecule has 0 aromatic heterocycles. The molecule has 0 saturated carbocycles. The molecule has 16 heteroatoms. The summed E-state index contributed by atoms with van der Waals surface area (Å²) in [5, 5.41) is 5.05. The molecule has 44 heavy (non-hydrogen) atoms. The molecule has 0 atom stereocenters. The third-order valence-electron chi connectivity index (χ3n) is 5.03. The Balaban J connectivity index is 3.26. The molecule has 0 saturated heterocycles. The zero-order valence-corrected chi connectivity index (χ0v) is 25.8. The number of amides is 2. The van der Waals surface area contributed by atoms with Crippen molar-refractivity contribution >= 4 is 24.8 Å². The van der Waals surface area contributed by atoms with Gasteiger partial charge in [-0.15, -0.1) is 0 Å². The fourth-order valence-corrected chi connectivity index (χ4v) is 2.88. The van der Waals surface area contributed by atoms with Crippen LogP contribution in [0.25, 0.3) is 0 Å². The number of hydrogen-bond donors (Lipinski definition) is 2. The number of carbonyl (C=O) groups is 4. The minimum Gasteiger partial charge on any atom is -0.446 e. The van der Waals surface area contributed by atoms with E-state index in [-0.39, 0.29) is 26.3 Å². The van der Waals surface area contributed by atoms with Crippen LogP contribution in [0.2, 0.25) is 0 Å². The van der Waals surface area contributed by atoms with E-state index in [9.17, 15) is 19.2 Å². The molecule has 2 N–H and O–H groups in total. The molecule has 2 amide bonds. The number of carbonyl (C=O) groups excluding carboxylic acids is 4. The SMILES string of the molecule is O=CCCCOCCOCCOCCOCCNC(=O)OCCOC(=O)NCCOCCOCCOCCOCCCC=O. The standard InChI is InChI=1S/C28H52N2O14/c31-7-1-3-9-35-13-17-39-21-23-41-19-15-37-11-5-29-27(33)43-25-26-44-28(34)30-6-12-38-16-20-42-24-22-40-18-14-36-10-4-2-8-32/h7-8H,1-6,9-26H2,(H,29,33)(H,30,34). The van der Waals surface area contributed by atoms with Crippen molar-refractivity contribution < 1.29 is 66.5 Å². The maximum atomic E-state index is 11.6. The predicted molar refractivity (Wildman–Crippen MR) is 156 cm³/mol. The molecule has 16 nitrogen and oxygen atoms in total. The molecule has 0 heterocycles. The molecule has 0 bridgehead atoms. The number of hydrogen-bond acceptors (Lipinski definition) is 14. The van der Waals surface area contributed by atoms with E-state index in [0.717, 1.165) is 25.4 Å². The van der Waals surface area contributed by atoms with Crippen molar-refractivity contribution in [1.82, 2.24) is 10.6 Å². The molecule has 0 aliphatic carbocycles. The minimum atomic E-state index is -0.641. The summed E-state index contributed by atoms with van der Waals surface area (Å²) >= 11 is 0. The molecule has 0 aliphatic rings. The lowest BCUT2D eigenvalue weighted by atomic mass is 10.3. The lowest BCUT2D eigenvalue weighted by molar-refractivity contribution is -0.108. The Labute approximate surface area is 259 Å². The van der Waals surface area contributed by atoms with E-state index in [1.165, 1.54) is 0 Å². The van der Waals surface area contributed by atoms with Crippen LogP contribution in [0.3, 0.4) is 0 Å². The summed E-state index contributed by atoms with van der Waals surface area (Å²) in [4.78, 5) is 43.6. The summed E-state index contributed by atoms with van der Waals surface area (Å²) < 4.78 is 52.6. The van der Waals surface area contributed by atoms with Crippen LogP contribution < -0.4 is 10.6 Å². The quantitative estimate of drug-likeness (QED) is 0.0722. The Bertz CT molecular complexity index is 606. The van der Waals surface area contributed by atoms with Gasteiger partial charge in [-0.1, -0.05) is 0 Å². The Hall–Kier alpha value is -2.44. The number of aldehydes is 2. The molecule has 0 rings (SSSR count). The summed E-state index contributed by atoms with van der Waals surface area (Å²) in [6.45, 7) is 7.24. The van der Waals surface area contributed by atoms with E-state index in [1.807, 2.05) is 0 Å². The second-order valence-electron chi connectivity index (χ2n) is 8.64. The van der Waals surface area contributed by atoms with Gasteiger partial charge in [0.15, 0.2) is 0 Å². The fraction of sp³-hybridized carbons (Fsp3) is 0.857. The van der Waals surface area contributed by atoms with Gasteiger partial charge in [0.2, 0.25) is 0 Å². The molecular formula is C28H52N2O14. The highest BCUT2D eigenvalue weighted by atomic mass is 16.6. The van der Waals surface area contributed by atoms with Crippen LogP contribution in [0, 0.1) is 0 Å². The van der Waals surface area contributed by atoms with E-state index in [0.29, 0.717) is 119 Å². The number of ether oxygens (including phenoxy) is 10. The van der Waals surface area contributed by atoms with Crippen molar-refractivity contribution in [3.05, 3.63) is 0 Å². The van der Waals surface area contributed by atoms with Gasteiger partial charge in [0.05, 0.1) is 92.5 Å². The van der Waals surface area contributed by atoms with E-state index in [1.54, 1.807) is 0 Å². The topological polar surface area (TPSA) is 185 Å². The van der Waals surface area contributed by atoms with Crippen LogP contribution >= 0.6 is 0 Å². The first-order valence-corrected chi connectivity index (χ1v) is 15.0. The number of unbranched alkanes of at least 4 members (excludes halogenated alkanes) is 2. The minimum absolute atomic E-state index is 0.0890. The molecular weight excluding hydrogens is 588 g/mol. The van der Waals surface area contributed by atoms with Gasteiger partial charge in [-0.05, 0) is 12.8 Å². The zero-order chi connectivity index (χ0) is 32.0. The van der Waals surface area contributed by atoms with Crippen molar-refractivity contribution in [2.75, 3.05) is 132 Å². The molecule has 0 radical (unpaired) electrons. The lowest BCUT2D eigenvalue weighted by Crippen LogP contribution is -2.31. The third-order valence-corrected chi connectivity index (χ3v) is 5.03. The first kappa shape index (κ1) is 41.6. The van der Waals surface area contributed by atoms with Gasteiger partial charge in [0.25, 0.3) is 0 Å². The van der Waals surface area contributed by atoms with Crippen molar-refractivity contribution in [3.63, 3.8) is 0 Å². The normalized spacial score (nSPS) is 10.8. The van der Waals surface area contributed by atoms with E-state index >= 15 is 0 Å². The molecule has 258 valence electrons. The number of rotatable bonds is 35. The summed E-state index contributed by atoms with van der Waals surface area (Å²) in [5.41, 5.74) is 0. The van der Waals surface area contributed by atoms with Gasteiger partial charge in [0, 0.05) is 39.1 Å². The van der Waals surface area contributed by atoms with Gasteiger partial charge in [-0.2, -0.15) is 0 Å². The van der Waals surface area contributed by atoms with Crippen LogP contribution in [0.5, 0.6) is 0 Å². The van der Waals surface area contributed by atoms with E-state index < -0.39 is 12.2 Å². The highest BCUT2D eigenvalue weighted by Gasteiger charge is 2.04. The van der Waals surface area contributed by atoms with Crippen molar-refractivity contribution in [3.8, 4) is 0 Å². The van der Waals surface area contributed by atoms with Crippen molar-refractivity contribution in [2.24, 2.45) is 0 Å². The second-order valence-corrected chi connectivity index (χ2v) is 8.64. The van der Waals surface area contributed by atoms with Crippen LogP contribution in [-0.2, 0) is 57.0 Å². The summed E-state index contributed by atoms with van der Waals surface area (Å²) in [7, 11) is 0. The Kier molecular flexibility index (Phi) is 34.7. The Morgan fingerprint density at radius 1 is 0.386 bits per heavy atom. The number of alkyl carbamates (subject to hydrolysis) is 2. The largest absolute Gasteiger partial charge is 0.446 e. The lowest BCUT2D eigenvalue weighted by Gasteiger charge is -2.10. The third kappa shape index (κ3) is 35.8. The maximum Gasteiger partial charge on any atom is 0.407 e.